The van der Waals surface area contributed by atoms with Crippen molar-refractivity contribution in [2.45, 2.75) is 11.8 Å². The van der Waals surface area contributed by atoms with Crippen LogP contribution in [0.2, 0.25) is 0 Å². The van der Waals surface area contributed by atoms with Crippen LogP contribution in [0.25, 0.3) is 0 Å². The third-order valence-corrected chi connectivity index (χ3v) is 4.79. The van der Waals surface area contributed by atoms with Gasteiger partial charge in [-0.1, -0.05) is 12.1 Å². The van der Waals surface area contributed by atoms with Crippen molar-refractivity contribution >= 4 is 27.5 Å². The summed E-state index contributed by atoms with van der Waals surface area (Å²) in [6, 6.07) is 4.78. The number of allylic oxidation sites excluding steroid dienone is 2. The number of rotatable bonds is 4. The lowest BCUT2D eigenvalue weighted by Gasteiger charge is -2.25. The first-order chi connectivity index (χ1) is 12.2. The van der Waals surface area contributed by atoms with E-state index in [0.717, 1.165) is 11.8 Å². The van der Waals surface area contributed by atoms with Crippen molar-refractivity contribution in [3.8, 4) is 0 Å². The third-order valence-electron chi connectivity index (χ3n) is 3.66. The lowest BCUT2D eigenvalue weighted by Crippen LogP contribution is -2.28. The second kappa shape index (κ2) is 7.57. The van der Waals surface area contributed by atoms with Crippen molar-refractivity contribution in [2.24, 2.45) is 0 Å². The van der Waals surface area contributed by atoms with Gasteiger partial charge < -0.3 is 14.4 Å². The van der Waals surface area contributed by atoms with Crippen LogP contribution in [0.5, 0.6) is 0 Å². The smallest absolute Gasteiger partial charge is 0.355 e. The maximum atomic E-state index is 12.4. The van der Waals surface area contributed by atoms with Gasteiger partial charge in [0.1, 0.15) is 5.70 Å². The van der Waals surface area contributed by atoms with Crippen molar-refractivity contribution in [3.05, 3.63) is 59.5 Å². The summed E-state index contributed by atoms with van der Waals surface area (Å²) in [5, 5.41) is 0. The zero-order chi connectivity index (χ0) is 19.5. The van der Waals surface area contributed by atoms with E-state index >= 15 is 0 Å². The number of aryl methyl sites for hydroxylation is 1. The van der Waals surface area contributed by atoms with Crippen LogP contribution in [0.1, 0.15) is 5.56 Å². The molecule has 0 amide bonds. The summed E-state index contributed by atoms with van der Waals surface area (Å²) in [7, 11) is -1.24. The minimum Gasteiger partial charge on any atom is -0.465 e. The van der Waals surface area contributed by atoms with E-state index in [9.17, 15) is 18.0 Å². The number of benzene rings is 1. The van der Waals surface area contributed by atoms with E-state index in [1.165, 1.54) is 37.5 Å². The van der Waals surface area contributed by atoms with Gasteiger partial charge in [0.25, 0.3) is 0 Å². The average Bonchev–Trinajstić information content (AvgIpc) is 2.82. The lowest BCUT2D eigenvalue weighted by atomic mass is 10.1. The second-order valence-electron chi connectivity index (χ2n) is 5.56. The summed E-state index contributed by atoms with van der Waals surface area (Å²) in [6.45, 7) is 1.76. The molecular weight excluding hydrogens is 358 g/mol. The molecule has 8 heteroatoms. The molecular formula is C18H19NO6S. The molecule has 2 rings (SSSR count). The van der Waals surface area contributed by atoms with Crippen molar-refractivity contribution < 1.29 is 27.5 Å². The van der Waals surface area contributed by atoms with Gasteiger partial charge in [0, 0.05) is 12.5 Å². The van der Waals surface area contributed by atoms with Gasteiger partial charge in [-0.25, -0.2) is 18.0 Å². The van der Waals surface area contributed by atoms with Crippen LogP contribution < -0.4 is 4.90 Å². The van der Waals surface area contributed by atoms with Gasteiger partial charge in [0.15, 0.2) is 9.84 Å². The number of nitrogens with zero attached hydrogens (tertiary/aromatic N) is 1. The summed E-state index contributed by atoms with van der Waals surface area (Å²) in [5.41, 5.74) is 0.769. The molecule has 0 bridgehead atoms. The normalized spacial score (nSPS) is 14.2. The molecule has 0 fully saturated rings. The van der Waals surface area contributed by atoms with Crippen molar-refractivity contribution in [3.63, 3.8) is 0 Å². The van der Waals surface area contributed by atoms with Gasteiger partial charge in [0.2, 0.25) is 0 Å². The summed E-state index contributed by atoms with van der Waals surface area (Å²) in [4.78, 5) is 25.9. The number of hydrogen-bond donors (Lipinski definition) is 0. The molecule has 1 aromatic rings. The van der Waals surface area contributed by atoms with Gasteiger partial charge in [0.05, 0.1) is 30.4 Å². The molecule has 0 N–H and O–H groups in total. The molecule has 0 atom stereocenters. The number of esters is 2. The Morgan fingerprint density at radius 2 is 1.69 bits per heavy atom. The molecule has 0 radical (unpaired) electrons. The van der Waals surface area contributed by atoms with Crippen molar-refractivity contribution in [1.82, 2.24) is 0 Å². The third kappa shape index (κ3) is 3.85. The highest BCUT2D eigenvalue weighted by Crippen LogP contribution is 2.32. The molecule has 0 spiro atoms. The molecule has 0 saturated carbocycles. The maximum absolute atomic E-state index is 12.4. The molecule has 1 aliphatic rings. The number of carbonyl (C=O) groups excluding carboxylic acids is 2. The Hall–Kier alpha value is -2.87. The number of carbonyl (C=O) groups is 2. The average molecular weight is 377 g/mol. The molecule has 138 valence electrons. The first kappa shape index (κ1) is 19.5. The highest BCUT2D eigenvalue weighted by Gasteiger charge is 2.30. The summed E-state index contributed by atoms with van der Waals surface area (Å²) in [5.74, 6) is -1.55. The van der Waals surface area contributed by atoms with E-state index in [-0.39, 0.29) is 21.9 Å². The first-order valence-electron chi connectivity index (χ1n) is 7.56. The van der Waals surface area contributed by atoms with Crippen LogP contribution in [0.3, 0.4) is 0 Å². The summed E-state index contributed by atoms with van der Waals surface area (Å²) < 4.78 is 34.1. The van der Waals surface area contributed by atoms with E-state index in [1.54, 1.807) is 31.2 Å². The number of methoxy groups -OCH3 is 2. The van der Waals surface area contributed by atoms with Gasteiger partial charge >= 0.3 is 11.9 Å². The minimum atomic E-state index is -3.60. The van der Waals surface area contributed by atoms with Gasteiger partial charge in [-0.05, 0) is 36.8 Å². The number of anilines is 1. The molecule has 1 aromatic carbocycles. The van der Waals surface area contributed by atoms with Gasteiger partial charge in [-0.2, -0.15) is 0 Å². The molecule has 0 aliphatic carbocycles. The lowest BCUT2D eigenvalue weighted by molar-refractivity contribution is -0.139. The quantitative estimate of drug-likeness (QED) is 0.740. The monoisotopic (exact) mass is 377 g/mol. The van der Waals surface area contributed by atoms with Crippen LogP contribution in [0.15, 0.2) is 58.8 Å². The summed E-state index contributed by atoms with van der Waals surface area (Å²) >= 11 is 0. The maximum Gasteiger partial charge on any atom is 0.355 e. The largest absolute Gasteiger partial charge is 0.465 e. The molecule has 7 nitrogen and oxygen atoms in total. The molecule has 0 saturated heterocycles. The van der Waals surface area contributed by atoms with Crippen molar-refractivity contribution in [1.29, 1.82) is 0 Å². The first-order valence-corrected chi connectivity index (χ1v) is 9.45. The van der Waals surface area contributed by atoms with Gasteiger partial charge in [-0.3, -0.25) is 0 Å². The Morgan fingerprint density at radius 3 is 2.27 bits per heavy atom. The molecule has 0 unspecified atom stereocenters. The highest BCUT2D eigenvalue weighted by atomic mass is 32.2. The number of ether oxygens (including phenoxy) is 2. The number of sulfone groups is 1. The SMILES string of the molecule is COC(=O)C1=C(C(=O)OC)N(c2ccc(C)cc2S(C)(=O)=O)C=CC=C1. The highest BCUT2D eigenvalue weighted by molar-refractivity contribution is 7.90. The Labute approximate surface area is 152 Å². The Kier molecular flexibility index (Phi) is 5.66. The van der Waals surface area contributed by atoms with E-state index in [1.807, 2.05) is 0 Å². The van der Waals surface area contributed by atoms with Gasteiger partial charge in [-0.15, -0.1) is 0 Å². The minimum absolute atomic E-state index is 0.0228. The Morgan fingerprint density at radius 1 is 1.04 bits per heavy atom. The van der Waals surface area contributed by atoms with E-state index < -0.39 is 21.8 Å². The van der Waals surface area contributed by atoms with Crippen LogP contribution in [-0.4, -0.2) is 40.8 Å². The molecule has 1 heterocycles. The zero-order valence-corrected chi connectivity index (χ0v) is 15.7. The molecule has 26 heavy (non-hydrogen) atoms. The standard InChI is InChI=1S/C18H19NO6S/c1-12-8-9-14(15(11-12)26(4,22)23)19-10-6-5-7-13(17(20)24-2)16(19)18(21)25-3/h5-11H,1-4H3. The predicted molar refractivity (Wildman–Crippen MR) is 96.1 cm³/mol. The Balaban J connectivity index is 2.83. The fourth-order valence-electron chi connectivity index (χ4n) is 2.47. The van der Waals surface area contributed by atoms with Crippen LogP contribution in [0, 0.1) is 6.92 Å². The Bertz CT molecular complexity index is 940. The van der Waals surface area contributed by atoms with Crippen LogP contribution in [0.4, 0.5) is 5.69 Å². The fraction of sp³-hybridized carbons (Fsp3) is 0.222. The van der Waals surface area contributed by atoms with Crippen molar-refractivity contribution in [2.75, 3.05) is 25.4 Å². The topological polar surface area (TPSA) is 90.0 Å². The summed E-state index contributed by atoms with van der Waals surface area (Å²) in [6.07, 6.45) is 7.09. The molecule has 1 aliphatic heterocycles. The zero-order valence-electron chi connectivity index (χ0n) is 14.8. The molecule has 0 aromatic heterocycles. The number of hydrogen-bond acceptors (Lipinski definition) is 7. The van der Waals surface area contributed by atoms with E-state index in [4.69, 9.17) is 9.47 Å². The fourth-order valence-corrected chi connectivity index (χ4v) is 3.41. The van der Waals surface area contributed by atoms with E-state index in [0.29, 0.717) is 0 Å². The van der Waals surface area contributed by atoms with E-state index in [2.05, 4.69) is 0 Å². The predicted octanol–water partition coefficient (Wildman–Crippen LogP) is 1.89. The van der Waals surface area contributed by atoms with Crippen LogP contribution in [-0.2, 0) is 28.9 Å². The van der Waals surface area contributed by atoms with Crippen LogP contribution >= 0.6 is 0 Å². The second-order valence-corrected chi connectivity index (χ2v) is 7.54.